The van der Waals surface area contributed by atoms with Gasteiger partial charge in [-0.05, 0) is 44.9 Å². The maximum absolute atomic E-state index is 12.4. The molecule has 2 unspecified atom stereocenters. The van der Waals surface area contributed by atoms with Crippen molar-refractivity contribution in [3.63, 3.8) is 0 Å². The van der Waals surface area contributed by atoms with Crippen molar-refractivity contribution in [1.82, 2.24) is 0 Å². The number of allylic oxidation sites excluding steroid dienone is 4. The molecule has 0 fully saturated rings. The summed E-state index contributed by atoms with van der Waals surface area (Å²) in [6.45, 7) is 5.49. The Morgan fingerprint density at radius 3 is 1.62 bits per heavy atom. The van der Waals surface area contributed by atoms with Crippen LogP contribution >= 0.6 is 7.82 Å². The fourth-order valence-electron chi connectivity index (χ4n) is 5.52. The lowest BCUT2D eigenvalue weighted by molar-refractivity contribution is -0.870. The van der Waals surface area contributed by atoms with Gasteiger partial charge in [-0.3, -0.25) is 13.8 Å². The van der Waals surface area contributed by atoms with Crippen LogP contribution in [0.25, 0.3) is 0 Å². The Balaban J connectivity index is 3.89. The number of hydrogen-bond acceptors (Lipinski definition) is 6. The monoisotopic (exact) mass is 731 g/mol. The fourth-order valence-corrected chi connectivity index (χ4v) is 6.26. The molecule has 0 aliphatic rings. The molecular formula is C41H81NO7P+. The molecule has 2 atom stereocenters. The highest BCUT2D eigenvalue weighted by molar-refractivity contribution is 7.47. The van der Waals surface area contributed by atoms with E-state index in [1.807, 2.05) is 21.1 Å². The van der Waals surface area contributed by atoms with Gasteiger partial charge in [0.05, 0.1) is 34.4 Å². The lowest BCUT2D eigenvalue weighted by Crippen LogP contribution is -2.37. The zero-order valence-corrected chi connectivity index (χ0v) is 34.3. The predicted octanol–water partition coefficient (Wildman–Crippen LogP) is 11.7. The summed E-state index contributed by atoms with van der Waals surface area (Å²) >= 11 is 0. The van der Waals surface area contributed by atoms with Crippen molar-refractivity contribution < 1.29 is 37.3 Å². The molecule has 9 heteroatoms. The second-order valence-electron chi connectivity index (χ2n) is 15.0. The van der Waals surface area contributed by atoms with Crippen LogP contribution in [-0.4, -0.2) is 75.6 Å². The van der Waals surface area contributed by atoms with Crippen LogP contribution < -0.4 is 0 Å². The first-order valence-corrected chi connectivity index (χ1v) is 22.1. The van der Waals surface area contributed by atoms with Gasteiger partial charge in [-0.25, -0.2) is 4.57 Å². The van der Waals surface area contributed by atoms with Gasteiger partial charge in [0.15, 0.2) is 0 Å². The minimum absolute atomic E-state index is 0.0892. The van der Waals surface area contributed by atoms with Crippen molar-refractivity contribution >= 4 is 13.8 Å². The average Bonchev–Trinajstić information content (AvgIpc) is 3.06. The highest BCUT2D eigenvalue weighted by Crippen LogP contribution is 2.43. The zero-order valence-electron chi connectivity index (χ0n) is 33.4. The first-order chi connectivity index (χ1) is 24.1. The van der Waals surface area contributed by atoms with Gasteiger partial charge in [-0.15, -0.1) is 0 Å². The molecular weight excluding hydrogens is 649 g/mol. The maximum Gasteiger partial charge on any atom is 0.472 e. The molecule has 0 spiro atoms. The van der Waals surface area contributed by atoms with Gasteiger partial charge in [-0.2, -0.15) is 0 Å². The Bertz CT molecular complexity index is 858. The second kappa shape index (κ2) is 35.0. The number of quaternary nitrogens is 1. The molecule has 0 aliphatic carbocycles. The third-order valence-corrected chi connectivity index (χ3v) is 9.75. The van der Waals surface area contributed by atoms with E-state index in [-0.39, 0.29) is 25.8 Å². The van der Waals surface area contributed by atoms with Gasteiger partial charge >= 0.3 is 13.8 Å². The summed E-state index contributed by atoms with van der Waals surface area (Å²) in [6.07, 6.45) is 38.4. The van der Waals surface area contributed by atoms with Crippen molar-refractivity contribution in [2.75, 3.05) is 54.1 Å². The smallest absolute Gasteiger partial charge is 0.457 e. The quantitative estimate of drug-likeness (QED) is 0.0222. The van der Waals surface area contributed by atoms with Crippen LogP contribution in [0.3, 0.4) is 0 Å². The van der Waals surface area contributed by atoms with Crippen molar-refractivity contribution in [2.45, 2.75) is 180 Å². The number of rotatable bonds is 38. The summed E-state index contributed by atoms with van der Waals surface area (Å²) in [5.41, 5.74) is 0. The van der Waals surface area contributed by atoms with E-state index in [0.29, 0.717) is 24.1 Å². The third kappa shape index (κ3) is 38.2. The van der Waals surface area contributed by atoms with Crippen molar-refractivity contribution in [1.29, 1.82) is 0 Å². The number of carbonyl (C=O) groups excluding carboxylic acids is 1. The summed E-state index contributed by atoms with van der Waals surface area (Å²) in [4.78, 5) is 22.5. The molecule has 0 amide bonds. The van der Waals surface area contributed by atoms with Gasteiger partial charge < -0.3 is 18.9 Å². The molecule has 0 rings (SSSR count). The number of hydrogen-bond donors (Lipinski definition) is 1. The summed E-state index contributed by atoms with van der Waals surface area (Å²) in [5, 5.41) is 0. The van der Waals surface area contributed by atoms with Crippen LogP contribution in [0, 0.1) is 0 Å². The minimum atomic E-state index is -4.25. The van der Waals surface area contributed by atoms with E-state index in [2.05, 4.69) is 38.2 Å². The van der Waals surface area contributed by atoms with Crippen molar-refractivity contribution in [3.05, 3.63) is 24.3 Å². The number of likely N-dealkylation sites (N-methyl/N-ethyl adjacent to an activating group) is 1. The molecule has 0 bridgehead atoms. The molecule has 0 aromatic heterocycles. The highest BCUT2D eigenvalue weighted by atomic mass is 31.2. The van der Waals surface area contributed by atoms with Gasteiger partial charge in [0, 0.05) is 13.0 Å². The molecule has 50 heavy (non-hydrogen) atoms. The molecule has 0 aromatic carbocycles. The molecule has 0 saturated heterocycles. The van der Waals surface area contributed by atoms with Crippen LogP contribution in [0.4, 0.5) is 0 Å². The predicted molar refractivity (Wildman–Crippen MR) is 210 cm³/mol. The Hall–Kier alpha value is -1.02. The van der Waals surface area contributed by atoms with Crippen molar-refractivity contribution in [3.8, 4) is 0 Å². The number of phosphoric ester groups is 1. The third-order valence-electron chi connectivity index (χ3n) is 8.77. The lowest BCUT2D eigenvalue weighted by atomic mass is 10.0. The number of phosphoric acid groups is 1. The van der Waals surface area contributed by atoms with Crippen LogP contribution in [0.15, 0.2) is 24.3 Å². The summed E-state index contributed by atoms with van der Waals surface area (Å²) in [7, 11) is 1.67. The molecule has 1 N–H and O–H groups in total. The summed E-state index contributed by atoms with van der Waals surface area (Å²) in [6, 6.07) is 0. The minimum Gasteiger partial charge on any atom is -0.457 e. The van der Waals surface area contributed by atoms with Crippen LogP contribution in [0.5, 0.6) is 0 Å². The average molecular weight is 731 g/mol. The SMILES string of the molecule is CCCCCCC/C=C\C/C=C\CCCCCCCCCCCCCCOCC(COP(=O)(O)OCC[N+](C)(C)C)OC(=O)CCCCCC. The van der Waals surface area contributed by atoms with Gasteiger partial charge in [0.25, 0.3) is 0 Å². The number of carbonyl (C=O) groups is 1. The topological polar surface area (TPSA) is 91.3 Å². The van der Waals surface area contributed by atoms with E-state index in [9.17, 15) is 14.3 Å². The number of ether oxygens (including phenoxy) is 2. The van der Waals surface area contributed by atoms with E-state index < -0.39 is 13.9 Å². The number of nitrogens with zero attached hydrogens (tertiary/aromatic N) is 1. The Morgan fingerprint density at radius 1 is 0.620 bits per heavy atom. The van der Waals surface area contributed by atoms with E-state index in [1.165, 1.54) is 109 Å². The maximum atomic E-state index is 12.4. The first kappa shape index (κ1) is 49.0. The number of unbranched alkanes of at least 4 members (excludes halogenated alkanes) is 20. The largest absolute Gasteiger partial charge is 0.472 e. The molecule has 296 valence electrons. The van der Waals surface area contributed by atoms with Gasteiger partial charge in [0.1, 0.15) is 19.3 Å². The molecule has 0 saturated carbocycles. The molecule has 0 heterocycles. The molecule has 0 aliphatic heterocycles. The van der Waals surface area contributed by atoms with Crippen LogP contribution in [0.2, 0.25) is 0 Å². The molecule has 0 radical (unpaired) electrons. The Labute approximate surface area is 309 Å². The Kier molecular flexibility index (Phi) is 34.3. The zero-order chi connectivity index (χ0) is 37.0. The first-order valence-electron chi connectivity index (χ1n) is 20.6. The molecule has 8 nitrogen and oxygen atoms in total. The van der Waals surface area contributed by atoms with E-state index >= 15 is 0 Å². The fraction of sp³-hybridized carbons (Fsp3) is 0.878. The van der Waals surface area contributed by atoms with Crippen LogP contribution in [-0.2, 0) is 27.9 Å². The molecule has 0 aromatic rings. The summed E-state index contributed by atoms with van der Waals surface area (Å²) in [5.74, 6) is -0.331. The van der Waals surface area contributed by atoms with Crippen LogP contribution in [0.1, 0.15) is 174 Å². The Morgan fingerprint density at radius 2 is 1.10 bits per heavy atom. The number of esters is 1. The van der Waals surface area contributed by atoms with Crippen molar-refractivity contribution in [2.24, 2.45) is 0 Å². The standard InChI is InChI=1S/C41H80NO7P/c1-6-8-10-12-13-14-15-16-17-18-19-20-21-22-23-24-25-26-27-28-29-30-31-33-36-46-38-40(49-41(43)34-32-11-9-7-2)39-48-50(44,45)47-37-35-42(3,4)5/h15-16,18-19,40H,6-14,17,20-39H2,1-5H3/p+1/b16-15-,19-18-. The van der Waals surface area contributed by atoms with Gasteiger partial charge in [0.2, 0.25) is 0 Å². The normalized spacial score (nSPS) is 14.1. The van der Waals surface area contributed by atoms with E-state index in [0.717, 1.165) is 44.9 Å². The summed E-state index contributed by atoms with van der Waals surface area (Å²) < 4.78 is 34.6. The second-order valence-corrected chi connectivity index (χ2v) is 16.5. The van der Waals surface area contributed by atoms with E-state index in [1.54, 1.807) is 0 Å². The van der Waals surface area contributed by atoms with Gasteiger partial charge in [-0.1, -0.05) is 147 Å². The van der Waals surface area contributed by atoms with E-state index in [4.69, 9.17) is 18.5 Å². The lowest BCUT2D eigenvalue weighted by Gasteiger charge is -2.24. The highest BCUT2D eigenvalue weighted by Gasteiger charge is 2.26.